The van der Waals surface area contributed by atoms with Crippen LogP contribution in [0.5, 0.6) is 0 Å². The predicted molar refractivity (Wildman–Crippen MR) is 115 cm³/mol. The molecule has 0 radical (unpaired) electrons. The highest BCUT2D eigenvalue weighted by Gasteiger charge is 2.32. The molecule has 1 amide bonds. The number of amides is 1. The monoisotopic (exact) mass is 421 g/mol. The third-order valence-corrected chi connectivity index (χ3v) is 6.01. The molecule has 6 nitrogen and oxygen atoms in total. The highest BCUT2D eigenvalue weighted by atomic mass is 32.2. The number of hydrogen-bond acceptors (Lipinski definition) is 6. The standard InChI is InChI=1S/C22H20FN5OS/c1-13-8-15(10-27-19(13)16-5-7-25-14(2)9-16)11-28-12-18(30-22(28)21(24)29)20-17(23)4-3-6-26-20/h3-10,12,22H,11H2,1-2H3,(H2,24,29). The topological polar surface area (TPSA) is 85.0 Å². The highest BCUT2D eigenvalue weighted by Crippen LogP contribution is 2.40. The predicted octanol–water partition coefficient (Wildman–Crippen LogP) is 3.65. The van der Waals surface area contributed by atoms with Crippen LogP contribution in [0.3, 0.4) is 0 Å². The van der Waals surface area contributed by atoms with Crippen LogP contribution in [-0.2, 0) is 11.3 Å². The number of hydrogen-bond donors (Lipinski definition) is 1. The van der Waals surface area contributed by atoms with Crippen molar-refractivity contribution >= 4 is 22.6 Å². The third kappa shape index (κ3) is 4.04. The Morgan fingerprint density at radius 2 is 2.00 bits per heavy atom. The first-order valence-corrected chi connectivity index (χ1v) is 10.2. The number of thioether (sulfide) groups is 1. The van der Waals surface area contributed by atoms with E-state index >= 15 is 0 Å². The van der Waals surface area contributed by atoms with Gasteiger partial charge in [-0.05, 0) is 49.2 Å². The van der Waals surface area contributed by atoms with Gasteiger partial charge in [-0.1, -0.05) is 17.8 Å². The fourth-order valence-electron chi connectivity index (χ4n) is 3.40. The molecule has 0 aromatic carbocycles. The Morgan fingerprint density at radius 3 is 2.70 bits per heavy atom. The summed E-state index contributed by atoms with van der Waals surface area (Å²) >= 11 is 1.20. The van der Waals surface area contributed by atoms with Crippen LogP contribution in [0, 0.1) is 19.7 Å². The van der Waals surface area contributed by atoms with Gasteiger partial charge in [0, 0.05) is 42.6 Å². The summed E-state index contributed by atoms with van der Waals surface area (Å²) in [5.41, 5.74) is 10.6. The van der Waals surface area contributed by atoms with Gasteiger partial charge in [0.05, 0.1) is 10.6 Å². The zero-order chi connectivity index (χ0) is 21.3. The van der Waals surface area contributed by atoms with Crippen molar-refractivity contribution in [2.24, 2.45) is 5.73 Å². The van der Waals surface area contributed by atoms with Gasteiger partial charge in [0.15, 0.2) is 5.37 Å². The average molecular weight is 422 g/mol. The summed E-state index contributed by atoms with van der Waals surface area (Å²) in [5.74, 6) is -0.924. The van der Waals surface area contributed by atoms with Crippen LogP contribution in [0.15, 0.2) is 55.1 Å². The Kier molecular flexibility index (Phi) is 5.50. The van der Waals surface area contributed by atoms with E-state index in [2.05, 4.69) is 15.0 Å². The Balaban J connectivity index is 1.61. The molecule has 0 aliphatic carbocycles. The van der Waals surface area contributed by atoms with Crippen molar-refractivity contribution in [1.82, 2.24) is 19.9 Å². The normalized spacial score (nSPS) is 15.9. The number of rotatable bonds is 5. The van der Waals surface area contributed by atoms with E-state index in [0.717, 1.165) is 28.1 Å². The van der Waals surface area contributed by atoms with E-state index in [0.29, 0.717) is 11.4 Å². The molecular formula is C22H20FN5OS. The first-order chi connectivity index (χ1) is 14.4. The molecule has 4 rings (SSSR count). The molecule has 3 aromatic heterocycles. The lowest BCUT2D eigenvalue weighted by Crippen LogP contribution is -2.36. The molecule has 0 saturated heterocycles. The quantitative estimate of drug-likeness (QED) is 0.677. The second-order valence-electron chi connectivity index (χ2n) is 7.07. The number of primary amides is 1. The lowest BCUT2D eigenvalue weighted by atomic mass is 10.1. The lowest BCUT2D eigenvalue weighted by Gasteiger charge is -2.22. The lowest BCUT2D eigenvalue weighted by molar-refractivity contribution is -0.119. The molecular weight excluding hydrogens is 401 g/mol. The summed E-state index contributed by atoms with van der Waals surface area (Å²) in [7, 11) is 0. The fraction of sp³-hybridized carbons (Fsp3) is 0.182. The molecule has 1 aliphatic rings. The summed E-state index contributed by atoms with van der Waals surface area (Å²) in [4.78, 5) is 27.3. The molecule has 0 bridgehead atoms. The van der Waals surface area contributed by atoms with Gasteiger partial charge in [0.25, 0.3) is 5.91 Å². The van der Waals surface area contributed by atoms with Gasteiger partial charge < -0.3 is 10.6 Å². The molecule has 0 spiro atoms. The minimum atomic E-state index is -0.635. The average Bonchev–Trinajstić information content (AvgIpc) is 3.12. The van der Waals surface area contributed by atoms with E-state index in [-0.39, 0.29) is 5.69 Å². The van der Waals surface area contributed by atoms with E-state index in [4.69, 9.17) is 5.73 Å². The van der Waals surface area contributed by atoms with Crippen LogP contribution in [-0.4, -0.2) is 31.1 Å². The van der Waals surface area contributed by atoms with Crippen LogP contribution in [0.2, 0.25) is 0 Å². The van der Waals surface area contributed by atoms with Gasteiger partial charge in [0.2, 0.25) is 0 Å². The maximum Gasteiger partial charge on any atom is 0.251 e. The number of carbonyl (C=O) groups excluding carboxylic acids is 1. The summed E-state index contributed by atoms with van der Waals surface area (Å²) in [6.45, 7) is 4.36. The summed E-state index contributed by atoms with van der Waals surface area (Å²) < 4.78 is 14.1. The van der Waals surface area contributed by atoms with E-state index < -0.39 is 17.1 Å². The third-order valence-electron chi connectivity index (χ3n) is 4.73. The van der Waals surface area contributed by atoms with Crippen molar-refractivity contribution in [3.63, 3.8) is 0 Å². The van der Waals surface area contributed by atoms with Gasteiger partial charge in [0.1, 0.15) is 11.5 Å². The minimum Gasteiger partial charge on any atom is -0.367 e. The maximum atomic E-state index is 14.1. The van der Waals surface area contributed by atoms with E-state index in [1.165, 1.54) is 30.1 Å². The van der Waals surface area contributed by atoms with Crippen molar-refractivity contribution in [1.29, 1.82) is 0 Å². The Labute approximate surface area is 178 Å². The van der Waals surface area contributed by atoms with Crippen LogP contribution >= 0.6 is 11.8 Å². The van der Waals surface area contributed by atoms with Gasteiger partial charge in [-0.25, -0.2) is 4.39 Å². The van der Waals surface area contributed by atoms with Crippen molar-refractivity contribution in [2.75, 3.05) is 0 Å². The van der Waals surface area contributed by atoms with Gasteiger partial charge in [-0.2, -0.15) is 0 Å². The SMILES string of the molecule is Cc1cc(-c2ncc(CN3C=C(c4ncccc4F)SC3C(N)=O)cc2C)ccn1. The second kappa shape index (κ2) is 8.23. The zero-order valence-electron chi connectivity index (χ0n) is 16.5. The molecule has 8 heteroatoms. The molecule has 1 aliphatic heterocycles. The number of nitrogens with zero attached hydrogens (tertiary/aromatic N) is 4. The molecule has 1 unspecified atom stereocenters. The van der Waals surface area contributed by atoms with Crippen molar-refractivity contribution < 1.29 is 9.18 Å². The Hall–Kier alpha value is -3.26. The van der Waals surface area contributed by atoms with Crippen LogP contribution in [0.25, 0.3) is 16.2 Å². The van der Waals surface area contributed by atoms with Crippen LogP contribution in [0.4, 0.5) is 4.39 Å². The number of halogens is 1. The first kappa shape index (κ1) is 20.0. The van der Waals surface area contributed by atoms with E-state index in [1.807, 2.05) is 32.0 Å². The number of carbonyl (C=O) groups is 1. The Bertz CT molecular complexity index is 1150. The minimum absolute atomic E-state index is 0.217. The summed E-state index contributed by atoms with van der Waals surface area (Å²) in [6, 6.07) is 8.83. The molecule has 0 saturated carbocycles. The first-order valence-electron chi connectivity index (χ1n) is 9.35. The maximum absolute atomic E-state index is 14.1. The van der Waals surface area contributed by atoms with Gasteiger partial charge >= 0.3 is 0 Å². The van der Waals surface area contributed by atoms with Gasteiger partial charge in [-0.15, -0.1) is 0 Å². The van der Waals surface area contributed by atoms with Crippen LogP contribution < -0.4 is 5.73 Å². The molecule has 4 heterocycles. The number of nitrogens with two attached hydrogens (primary N) is 1. The largest absolute Gasteiger partial charge is 0.367 e. The molecule has 0 fully saturated rings. The zero-order valence-corrected chi connectivity index (χ0v) is 17.4. The number of pyridine rings is 3. The second-order valence-corrected chi connectivity index (χ2v) is 8.19. The molecule has 152 valence electrons. The van der Waals surface area contributed by atoms with Crippen molar-refractivity contribution in [3.8, 4) is 11.3 Å². The highest BCUT2D eigenvalue weighted by molar-refractivity contribution is 8.09. The number of aryl methyl sites for hydroxylation is 2. The van der Waals surface area contributed by atoms with Gasteiger partial charge in [-0.3, -0.25) is 19.7 Å². The van der Waals surface area contributed by atoms with E-state index in [1.54, 1.807) is 23.5 Å². The molecule has 2 N–H and O–H groups in total. The fourth-order valence-corrected chi connectivity index (χ4v) is 4.48. The summed E-state index contributed by atoms with van der Waals surface area (Å²) in [5, 5.41) is -0.635. The molecule has 1 atom stereocenters. The van der Waals surface area contributed by atoms with Crippen molar-refractivity contribution in [3.05, 3.63) is 83.5 Å². The van der Waals surface area contributed by atoms with Crippen LogP contribution in [0.1, 0.15) is 22.5 Å². The van der Waals surface area contributed by atoms with E-state index in [9.17, 15) is 9.18 Å². The molecule has 30 heavy (non-hydrogen) atoms. The Morgan fingerprint density at radius 1 is 1.17 bits per heavy atom. The molecule has 3 aromatic rings. The summed E-state index contributed by atoms with van der Waals surface area (Å²) in [6.07, 6.45) is 6.81. The van der Waals surface area contributed by atoms with Crippen molar-refractivity contribution in [2.45, 2.75) is 25.8 Å². The smallest absolute Gasteiger partial charge is 0.251 e. The number of aromatic nitrogens is 3.